The molecule has 0 saturated carbocycles. The molecule has 2 N–H and O–H groups in total. The summed E-state index contributed by atoms with van der Waals surface area (Å²) in [6, 6.07) is 2.48. The van der Waals surface area contributed by atoms with Crippen molar-refractivity contribution < 1.29 is 13.6 Å². The van der Waals surface area contributed by atoms with E-state index in [0.717, 1.165) is 25.2 Å². The topological polar surface area (TPSA) is 47.6 Å². The van der Waals surface area contributed by atoms with Crippen LogP contribution in [-0.4, -0.2) is 49.2 Å². The van der Waals surface area contributed by atoms with Gasteiger partial charge in [0.2, 0.25) is 0 Å². The second-order valence-electron chi connectivity index (χ2n) is 4.48. The Morgan fingerprint density at radius 1 is 1.21 bits per heavy atom. The third-order valence-electron chi connectivity index (χ3n) is 2.94. The zero-order valence-corrected chi connectivity index (χ0v) is 10.6. The summed E-state index contributed by atoms with van der Waals surface area (Å²) in [7, 11) is 2.01. The molecule has 1 fully saturated rings. The summed E-state index contributed by atoms with van der Waals surface area (Å²) in [5.74, 6) is -1.48. The number of benzene rings is 1. The maximum Gasteiger partial charge on any atom is 0.333 e. The SMILES string of the molecule is CN1CCN(NC(=O)Nc2ccc(F)cc2F)CC1. The van der Waals surface area contributed by atoms with Crippen LogP contribution in [0.3, 0.4) is 0 Å². The average Bonchev–Trinajstić information content (AvgIpc) is 2.36. The molecule has 0 bridgehead atoms. The number of nitrogens with one attached hydrogen (secondary N) is 2. The van der Waals surface area contributed by atoms with Crippen LogP contribution in [0.5, 0.6) is 0 Å². The average molecular weight is 270 g/mol. The van der Waals surface area contributed by atoms with E-state index in [1.807, 2.05) is 7.05 Å². The molecule has 1 aromatic carbocycles. The lowest BCUT2D eigenvalue weighted by Gasteiger charge is -2.32. The lowest BCUT2D eigenvalue weighted by atomic mass is 10.3. The molecule has 1 heterocycles. The molecule has 0 aromatic heterocycles. The Morgan fingerprint density at radius 3 is 2.53 bits per heavy atom. The number of hydrazine groups is 1. The first kappa shape index (κ1) is 13.7. The van der Waals surface area contributed by atoms with E-state index in [0.29, 0.717) is 13.1 Å². The zero-order chi connectivity index (χ0) is 13.8. The van der Waals surface area contributed by atoms with Crippen LogP contribution >= 0.6 is 0 Å². The number of carbonyl (C=O) groups is 1. The van der Waals surface area contributed by atoms with E-state index < -0.39 is 17.7 Å². The van der Waals surface area contributed by atoms with Gasteiger partial charge in [0.1, 0.15) is 11.6 Å². The zero-order valence-electron chi connectivity index (χ0n) is 10.6. The highest BCUT2D eigenvalue weighted by Gasteiger charge is 2.16. The van der Waals surface area contributed by atoms with Gasteiger partial charge in [-0.3, -0.25) is 5.43 Å². The Balaban J connectivity index is 1.87. The summed E-state index contributed by atoms with van der Waals surface area (Å²) in [4.78, 5) is 13.8. The van der Waals surface area contributed by atoms with E-state index >= 15 is 0 Å². The van der Waals surface area contributed by atoms with Crippen LogP contribution in [-0.2, 0) is 0 Å². The van der Waals surface area contributed by atoms with E-state index in [-0.39, 0.29) is 5.69 Å². The molecule has 0 radical (unpaired) electrons. The molecule has 1 saturated heterocycles. The van der Waals surface area contributed by atoms with Gasteiger partial charge in [-0.25, -0.2) is 18.6 Å². The highest BCUT2D eigenvalue weighted by Crippen LogP contribution is 2.14. The number of carbonyl (C=O) groups excluding carboxylic acids is 1. The minimum Gasteiger partial charge on any atom is -0.304 e. The van der Waals surface area contributed by atoms with Crippen molar-refractivity contribution in [1.29, 1.82) is 0 Å². The molecule has 5 nitrogen and oxygen atoms in total. The van der Waals surface area contributed by atoms with Gasteiger partial charge in [-0.1, -0.05) is 0 Å². The van der Waals surface area contributed by atoms with Gasteiger partial charge in [-0.2, -0.15) is 0 Å². The second-order valence-corrected chi connectivity index (χ2v) is 4.48. The van der Waals surface area contributed by atoms with Crippen LogP contribution in [0.15, 0.2) is 18.2 Å². The summed E-state index contributed by atoms with van der Waals surface area (Å²) >= 11 is 0. The summed E-state index contributed by atoms with van der Waals surface area (Å²) in [6.45, 7) is 3.11. The first-order valence-electron chi connectivity index (χ1n) is 6.01. The summed E-state index contributed by atoms with van der Waals surface area (Å²) in [5, 5.41) is 4.11. The van der Waals surface area contributed by atoms with Crippen molar-refractivity contribution in [2.45, 2.75) is 0 Å². The van der Waals surface area contributed by atoms with Crippen LogP contribution in [0.2, 0.25) is 0 Å². The molecular weight excluding hydrogens is 254 g/mol. The Labute approximate surface area is 110 Å². The largest absolute Gasteiger partial charge is 0.333 e. The van der Waals surface area contributed by atoms with Gasteiger partial charge < -0.3 is 10.2 Å². The predicted octanol–water partition coefficient (Wildman–Crippen LogP) is 1.25. The van der Waals surface area contributed by atoms with Gasteiger partial charge in [0.25, 0.3) is 0 Å². The normalized spacial score (nSPS) is 17.2. The molecule has 0 aliphatic carbocycles. The number of hydrogen-bond donors (Lipinski definition) is 2. The molecule has 0 spiro atoms. The fourth-order valence-electron chi connectivity index (χ4n) is 1.80. The fourth-order valence-corrected chi connectivity index (χ4v) is 1.80. The molecule has 19 heavy (non-hydrogen) atoms. The predicted molar refractivity (Wildman–Crippen MR) is 67.6 cm³/mol. The van der Waals surface area contributed by atoms with Gasteiger partial charge in [0.15, 0.2) is 0 Å². The lowest BCUT2D eigenvalue weighted by Crippen LogP contribution is -2.53. The highest BCUT2D eigenvalue weighted by atomic mass is 19.1. The van der Waals surface area contributed by atoms with Crippen molar-refractivity contribution in [3.63, 3.8) is 0 Å². The maximum absolute atomic E-state index is 13.3. The standard InChI is InChI=1S/C12H16F2N4O/c1-17-4-6-18(7-5-17)16-12(19)15-11-3-2-9(13)8-10(11)14/h2-3,8H,4-7H2,1H3,(H2,15,16,19). The third-order valence-corrected chi connectivity index (χ3v) is 2.94. The molecule has 1 aliphatic rings. The number of hydrogen-bond acceptors (Lipinski definition) is 3. The van der Waals surface area contributed by atoms with E-state index in [9.17, 15) is 13.6 Å². The number of nitrogens with zero attached hydrogens (tertiary/aromatic N) is 2. The van der Waals surface area contributed by atoms with Gasteiger partial charge in [0, 0.05) is 32.2 Å². The van der Waals surface area contributed by atoms with E-state index in [1.165, 1.54) is 6.07 Å². The molecule has 2 rings (SSSR count). The maximum atomic E-state index is 13.3. The minimum atomic E-state index is -0.798. The highest BCUT2D eigenvalue weighted by molar-refractivity contribution is 5.88. The van der Waals surface area contributed by atoms with Crippen LogP contribution in [0, 0.1) is 11.6 Å². The van der Waals surface area contributed by atoms with Crippen LogP contribution in [0.4, 0.5) is 19.3 Å². The molecule has 7 heteroatoms. The third kappa shape index (κ3) is 3.87. The van der Waals surface area contributed by atoms with Gasteiger partial charge in [-0.15, -0.1) is 0 Å². The summed E-state index contributed by atoms with van der Waals surface area (Å²) < 4.78 is 26.1. The molecule has 0 atom stereocenters. The van der Waals surface area contributed by atoms with Crippen LogP contribution in [0.1, 0.15) is 0 Å². The first-order chi connectivity index (χ1) is 9.04. The summed E-state index contributed by atoms with van der Waals surface area (Å²) in [5.41, 5.74) is 2.58. The van der Waals surface area contributed by atoms with Crippen LogP contribution in [0.25, 0.3) is 0 Å². The smallest absolute Gasteiger partial charge is 0.304 e. The number of urea groups is 1. The fraction of sp³-hybridized carbons (Fsp3) is 0.417. The first-order valence-corrected chi connectivity index (χ1v) is 6.01. The molecule has 1 aromatic rings. The van der Waals surface area contributed by atoms with Gasteiger partial charge >= 0.3 is 6.03 Å². The Kier molecular flexibility index (Phi) is 4.28. The van der Waals surface area contributed by atoms with Crippen molar-refractivity contribution in [2.75, 3.05) is 38.5 Å². The van der Waals surface area contributed by atoms with Crippen LogP contribution < -0.4 is 10.7 Å². The van der Waals surface area contributed by atoms with Gasteiger partial charge in [-0.05, 0) is 19.2 Å². The second kappa shape index (κ2) is 5.94. The minimum absolute atomic E-state index is 0.0481. The van der Waals surface area contributed by atoms with Gasteiger partial charge in [0.05, 0.1) is 5.69 Å². The molecule has 1 aliphatic heterocycles. The van der Waals surface area contributed by atoms with E-state index in [4.69, 9.17) is 0 Å². The number of piperazine rings is 1. The molecule has 0 unspecified atom stereocenters. The molecule has 2 amide bonds. The number of amides is 2. The van der Waals surface area contributed by atoms with Crippen molar-refractivity contribution in [1.82, 2.24) is 15.3 Å². The number of halogens is 2. The monoisotopic (exact) mass is 270 g/mol. The Bertz CT molecular complexity index is 461. The molecular formula is C12H16F2N4O. The van der Waals surface area contributed by atoms with Crippen molar-refractivity contribution in [2.24, 2.45) is 0 Å². The Morgan fingerprint density at radius 2 is 1.89 bits per heavy atom. The number of anilines is 1. The molecule has 104 valence electrons. The quantitative estimate of drug-likeness (QED) is 0.850. The van der Waals surface area contributed by atoms with Crippen molar-refractivity contribution in [3.05, 3.63) is 29.8 Å². The van der Waals surface area contributed by atoms with E-state index in [2.05, 4.69) is 15.6 Å². The Hall–Kier alpha value is -1.73. The van der Waals surface area contributed by atoms with Crippen molar-refractivity contribution in [3.8, 4) is 0 Å². The summed E-state index contributed by atoms with van der Waals surface area (Å²) in [6.07, 6.45) is 0. The number of rotatable bonds is 2. The lowest BCUT2D eigenvalue weighted by molar-refractivity contribution is 0.116. The number of likely N-dealkylation sites (N-methyl/N-ethyl adjacent to an activating group) is 1. The van der Waals surface area contributed by atoms with Crippen molar-refractivity contribution >= 4 is 11.7 Å². The van der Waals surface area contributed by atoms with E-state index in [1.54, 1.807) is 5.01 Å².